The van der Waals surface area contributed by atoms with Crippen LogP contribution in [0.5, 0.6) is 0 Å². The Labute approximate surface area is 194 Å². The fourth-order valence-corrected chi connectivity index (χ4v) is 5.72. The molecule has 2 aromatic heterocycles. The summed E-state index contributed by atoms with van der Waals surface area (Å²) in [6.45, 7) is 2.70. The van der Waals surface area contributed by atoms with E-state index in [9.17, 15) is 4.79 Å². The number of thiophene rings is 1. The van der Waals surface area contributed by atoms with Crippen LogP contribution < -0.4 is 5.32 Å². The van der Waals surface area contributed by atoms with Crippen LogP contribution in [0, 0.1) is 5.92 Å². The molecule has 3 atom stereocenters. The van der Waals surface area contributed by atoms with E-state index in [1.165, 1.54) is 22.5 Å². The van der Waals surface area contributed by atoms with E-state index in [0.717, 1.165) is 23.1 Å². The normalized spacial score (nSPS) is 18.2. The molecule has 3 N–H and O–H groups in total. The van der Waals surface area contributed by atoms with E-state index >= 15 is 0 Å². The van der Waals surface area contributed by atoms with Gasteiger partial charge in [0.1, 0.15) is 10.0 Å². The molecule has 1 aliphatic rings. The van der Waals surface area contributed by atoms with Gasteiger partial charge in [0.2, 0.25) is 0 Å². The van der Waals surface area contributed by atoms with Gasteiger partial charge >= 0.3 is 0 Å². The van der Waals surface area contributed by atoms with Crippen LogP contribution in [-0.4, -0.2) is 42.2 Å². The molecular formula is C22H24Cl2N2O4S. The number of ether oxygens (including phenoxy) is 1. The van der Waals surface area contributed by atoms with Gasteiger partial charge < -0.3 is 20.1 Å². The third-order valence-electron chi connectivity index (χ3n) is 5.61. The zero-order valence-electron chi connectivity index (χ0n) is 17.2. The van der Waals surface area contributed by atoms with Gasteiger partial charge in [0, 0.05) is 25.7 Å². The topological polar surface area (TPSA) is 91.4 Å². The molecule has 166 valence electrons. The maximum Gasteiger partial charge on any atom is 0.290 e. The summed E-state index contributed by atoms with van der Waals surface area (Å²) in [5, 5.41) is 10.6. The molecule has 0 saturated carbocycles. The summed E-state index contributed by atoms with van der Waals surface area (Å²) in [4.78, 5) is 24.4. The van der Waals surface area contributed by atoms with E-state index in [1.54, 1.807) is 7.11 Å². The molecule has 0 radical (unpaired) electrons. The van der Waals surface area contributed by atoms with Crippen LogP contribution in [0.15, 0.2) is 30.3 Å². The van der Waals surface area contributed by atoms with E-state index < -0.39 is 0 Å². The molecular weight excluding hydrogens is 459 g/mol. The highest BCUT2D eigenvalue weighted by Crippen LogP contribution is 2.41. The van der Waals surface area contributed by atoms with Gasteiger partial charge in [0.15, 0.2) is 0 Å². The summed E-state index contributed by atoms with van der Waals surface area (Å²) in [7, 11) is 1.73. The molecule has 31 heavy (non-hydrogen) atoms. The predicted octanol–water partition coefficient (Wildman–Crippen LogP) is 5.35. The molecule has 3 aromatic rings. The molecule has 0 aliphatic heterocycles. The van der Waals surface area contributed by atoms with Crippen molar-refractivity contribution in [3.05, 3.63) is 56.5 Å². The number of amides is 1. The SMILES string of the molecule is COCCC(C)[C@@H]1c2ccccc2CC1NC(=O)c1cc2sc(Cl)c(Cl)c2[nH]1.O=CO. The molecule has 1 aromatic carbocycles. The van der Waals surface area contributed by atoms with E-state index in [4.69, 9.17) is 37.8 Å². The number of methoxy groups -OCH3 is 1. The summed E-state index contributed by atoms with van der Waals surface area (Å²) >= 11 is 13.6. The fraction of sp³-hybridized carbons (Fsp3) is 0.364. The van der Waals surface area contributed by atoms with Crippen molar-refractivity contribution in [2.24, 2.45) is 5.92 Å². The van der Waals surface area contributed by atoms with Crippen molar-refractivity contribution >= 4 is 57.1 Å². The third-order valence-corrected chi connectivity index (χ3v) is 7.54. The first-order valence-corrected chi connectivity index (χ1v) is 11.4. The van der Waals surface area contributed by atoms with Crippen LogP contribution >= 0.6 is 34.5 Å². The number of halogens is 2. The zero-order chi connectivity index (χ0) is 22.5. The summed E-state index contributed by atoms with van der Waals surface area (Å²) < 4.78 is 6.70. The minimum absolute atomic E-state index is 0.0529. The number of H-pyrrole nitrogens is 1. The number of carbonyl (C=O) groups is 2. The van der Waals surface area contributed by atoms with Gasteiger partial charge in [-0.2, -0.15) is 0 Å². The minimum Gasteiger partial charge on any atom is -0.483 e. The number of fused-ring (bicyclic) bond motifs is 2. The van der Waals surface area contributed by atoms with Crippen LogP contribution in [0.4, 0.5) is 0 Å². The van der Waals surface area contributed by atoms with Gasteiger partial charge in [-0.05, 0) is 36.0 Å². The highest BCUT2D eigenvalue weighted by Gasteiger charge is 2.36. The van der Waals surface area contributed by atoms with Crippen LogP contribution in [-0.2, 0) is 16.0 Å². The Morgan fingerprint density at radius 3 is 2.81 bits per heavy atom. The Bertz CT molecular complexity index is 1070. The molecule has 2 unspecified atom stereocenters. The largest absolute Gasteiger partial charge is 0.483 e. The lowest BCUT2D eigenvalue weighted by Gasteiger charge is -2.27. The fourth-order valence-electron chi connectivity index (χ4n) is 4.24. The molecule has 1 amide bonds. The van der Waals surface area contributed by atoms with Gasteiger partial charge in [0.25, 0.3) is 12.4 Å². The van der Waals surface area contributed by atoms with Gasteiger partial charge in [-0.1, -0.05) is 54.4 Å². The van der Waals surface area contributed by atoms with Crippen molar-refractivity contribution in [2.75, 3.05) is 13.7 Å². The molecule has 0 spiro atoms. The minimum atomic E-state index is -0.250. The number of benzene rings is 1. The number of carbonyl (C=O) groups excluding carboxylic acids is 1. The van der Waals surface area contributed by atoms with Crippen LogP contribution in [0.1, 0.15) is 40.9 Å². The quantitative estimate of drug-likeness (QED) is 0.413. The number of hydrogen-bond acceptors (Lipinski definition) is 4. The molecule has 6 nitrogen and oxygen atoms in total. The van der Waals surface area contributed by atoms with E-state index in [-0.39, 0.29) is 24.3 Å². The number of carboxylic acid groups (broad SMARTS) is 1. The summed E-state index contributed by atoms with van der Waals surface area (Å²) in [5.41, 5.74) is 3.88. The van der Waals surface area contributed by atoms with Gasteiger partial charge in [0.05, 0.1) is 15.2 Å². The number of aromatic nitrogens is 1. The smallest absolute Gasteiger partial charge is 0.290 e. The second-order valence-corrected chi connectivity index (χ2v) is 9.52. The molecule has 0 fully saturated rings. The van der Waals surface area contributed by atoms with Crippen molar-refractivity contribution in [1.29, 1.82) is 0 Å². The van der Waals surface area contributed by atoms with Crippen molar-refractivity contribution in [1.82, 2.24) is 10.3 Å². The molecule has 0 bridgehead atoms. The Hall–Kier alpha value is -2.06. The molecule has 4 rings (SSSR count). The Kier molecular flexibility index (Phi) is 8.00. The number of aromatic amines is 1. The van der Waals surface area contributed by atoms with Crippen LogP contribution in [0.3, 0.4) is 0 Å². The number of nitrogens with one attached hydrogen (secondary N) is 2. The standard InChI is InChI=1S/C21H22Cl2N2O2S.CH2O2/c1-11(7-8-27-2)17-13-6-4-3-5-12(13)9-14(17)25-21(26)15-10-16-19(24-15)18(22)20(23)28-16;2-1-3/h3-6,10-11,14,17,24H,7-9H2,1-2H3,(H,25,26);1H,(H,2,3)/t11?,14?,17-;/m1./s1. The highest BCUT2D eigenvalue weighted by molar-refractivity contribution is 7.23. The Morgan fingerprint density at radius 1 is 1.42 bits per heavy atom. The third kappa shape index (κ3) is 5.06. The van der Waals surface area contributed by atoms with Crippen molar-refractivity contribution < 1.29 is 19.4 Å². The average molecular weight is 483 g/mol. The average Bonchev–Trinajstić information content (AvgIpc) is 3.39. The second kappa shape index (κ2) is 10.5. The van der Waals surface area contributed by atoms with E-state index in [2.05, 4.69) is 41.5 Å². The lowest BCUT2D eigenvalue weighted by Crippen LogP contribution is -2.40. The number of hydrogen-bond donors (Lipinski definition) is 3. The molecule has 0 saturated heterocycles. The first-order valence-electron chi connectivity index (χ1n) is 9.83. The molecule has 2 heterocycles. The molecule has 1 aliphatic carbocycles. The van der Waals surface area contributed by atoms with Gasteiger partial charge in [-0.25, -0.2) is 0 Å². The number of rotatable bonds is 6. The van der Waals surface area contributed by atoms with Crippen molar-refractivity contribution in [3.8, 4) is 0 Å². The molecule has 9 heteroatoms. The zero-order valence-corrected chi connectivity index (χ0v) is 19.5. The van der Waals surface area contributed by atoms with E-state index in [0.29, 0.717) is 27.6 Å². The van der Waals surface area contributed by atoms with Crippen molar-refractivity contribution in [3.63, 3.8) is 0 Å². The maximum atomic E-state index is 13.0. The monoisotopic (exact) mass is 482 g/mol. The Balaban J connectivity index is 0.000000858. The lowest BCUT2D eigenvalue weighted by atomic mass is 9.84. The highest BCUT2D eigenvalue weighted by atomic mass is 35.5. The predicted molar refractivity (Wildman–Crippen MR) is 125 cm³/mol. The summed E-state index contributed by atoms with van der Waals surface area (Å²) in [5.74, 6) is 0.552. The Morgan fingerprint density at radius 2 is 2.13 bits per heavy atom. The van der Waals surface area contributed by atoms with Crippen LogP contribution in [0.25, 0.3) is 10.2 Å². The summed E-state index contributed by atoms with van der Waals surface area (Å²) in [6, 6.07) is 10.3. The summed E-state index contributed by atoms with van der Waals surface area (Å²) in [6.07, 6.45) is 1.79. The van der Waals surface area contributed by atoms with E-state index in [1.807, 2.05) is 6.07 Å². The first kappa shape index (κ1) is 23.6. The maximum absolute atomic E-state index is 13.0. The first-order chi connectivity index (χ1) is 14.9. The lowest BCUT2D eigenvalue weighted by molar-refractivity contribution is -0.122. The van der Waals surface area contributed by atoms with Crippen molar-refractivity contribution in [2.45, 2.75) is 31.7 Å². The van der Waals surface area contributed by atoms with Crippen LogP contribution in [0.2, 0.25) is 9.36 Å². The van der Waals surface area contributed by atoms with Gasteiger partial charge in [-0.3, -0.25) is 9.59 Å². The van der Waals surface area contributed by atoms with Gasteiger partial charge in [-0.15, -0.1) is 11.3 Å². The second-order valence-electron chi connectivity index (χ2n) is 7.48.